The average Bonchev–Trinajstić information content (AvgIpc) is 2.85. The van der Waals surface area contributed by atoms with E-state index in [1.807, 2.05) is 25.1 Å². The van der Waals surface area contributed by atoms with Crippen LogP contribution in [0, 0.1) is 6.92 Å². The Morgan fingerprint density at radius 3 is 2.88 bits per heavy atom. The number of fused-ring (bicyclic) bond motifs is 1. The average molecular weight is 309 g/mol. The van der Waals surface area contributed by atoms with Crippen LogP contribution in [0.4, 0.5) is 5.69 Å². The molecule has 2 heterocycles. The van der Waals surface area contributed by atoms with Crippen molar-refractivity contribution >= 4 is 44.1 Å². The van der Waals surface area contributed by atoms with Crippen LogP contribution < -0.4 is 5.73 Å². The molecule has 2 aromatic heterocycles. The molecule has 0 fully saturated rings. The van der Waals surface area contributed by atoms with Crippen molar-refractivity contribution in [3.8, 4) is 10.8 Å². The molecule has 5 heteroatoms. The Morgan fingerprint density at radius 2 is 2.24 bits per heavy atom. The van der Waals surface area contributed by atoms with Gasteiger partial charge in [0.1, 0.15) is 5.52 Å². The molecule has 3 rings (SSSR count). The van der Waals surface area contributed by atoms with Crippen LogP contribution in [0.2, 0.25) is 0 Å². The molecule has 2 N–H and O–H groups in total. The van der Waals surface area contributed by atoms with Crippen LogP contribution in [0.1, 0.15) is 5.56 Å². The third kappa shape index (κ3) is 1.75. The van der Waals surface area contributed by atoms with E-state index in [1.54, 1.807) is 11.3 Å². The standard InChI is InChI=1S/C12H9BrN2OS/c1-6-5-9(17-11(6)13)12-15-10-7(14)3-2-4-8(10)16-12/h2-5H,14H2,1H3. The highest BCUT2D eigenvalue weighted by Crippen LogP contribution is 2.36. The van der Waals surface area contributed by atoms with Crippen molar-refractivity contribution in [3.05, 3.63) is 33.6 Å². The van der Waals surface area contributed by atoms with Crippen molar-refractivity contribution in [2.75, 3.05) is 5.73 Å². The fourth-order valence-corrected chi connectivity index (χ4v) is 3.10. The summed E-state index contributed by atoms with van der Waals surface area (Å²) in [6.45, 7) is 2.04. The number of nitrogens with two attached hydrogens (primary N) is 1. The van der Waals surface area contributed by atoms with E-state index in [1.165, 1.54) is 5.56 Å². The number of aryl methyl sites for hydroxylation is 1. The highest BCUT2D eigenvalue weighted by molar-refractivity contribution is 9.11. The largest absolute Gasteiger partial charge is 0.435 e. The van der Waals surface area contributed by atoms with Gasteiger partial charge in [-0.25, -0.2) is 4.98 Å². The first kappa shape index (κ1) is 10.8. The van der Waals surface area contributed by atoms with E-state index >= 15 is 0 Å². The highest BCUT2D eigenvalue weighted by Gasteiger charge is 2.13. The molecule has 0 radical (unpaired) electrons. The van der Waals surface area contributed by atoms with Gasteiger partial charge in [0.25, 0.3) is 0 Å². The number of hydrogen-bond acceptors (Lipinski definition) is 4. The number of aromatic nitrogens is 1. The van der Waals surface area contributed by atoms with Crippen LogP contribution in [0.15, 0.2) is 32.5 Å². The van der Waals surface area contributed by atoms with E-state index < -0.39 is 0 Å². The van der Waals surface area contributed by atoms with Gasteiger partial charge in [-0.1, -0.05) is 6.07 Å². The van der Waals surface area contributed by atoms with E-state index in [-0.39, 0.29) is 0 Å². The van der Waals surface area contributed by atoms with Crippen LogP contribution in [0.5, 0.6) is 0 Å². The predicted octanol–water partition coefficient (Wildman–Crippen LogP) is 4.21. The molecule has 3 aromatic rings. The molecule has 0 aliphatic heterocycles. The van der Waals surface area contributed by atoms with Gasteiger partial charge in [0.15, 0.2) is 5.58 Å². The van der Waals surface area contributed by atoms with Crippen LogP contribution in [0.25, 0.3) is 21.9 Å². The van der Waals surface area contributed by atoms with Crippen molar-refractivity contribution in [1.29, 1.82) is 0 Å². The van der Waals surface area contributed by atoms with E-state index in [9.17, 15) is 0 Å². The lowest BCUT2D eigenvalue weighted by Gasteiger charge is -1.89. The second-order valence-corrected chi connectivity index (χ2v) is 6.15. The molecule has 0 atom stereocenters. The van der Waals surface area contributed by atoms with Crippen LogP contribution >= 0.6 is 27.3 Å². The maximum absolute atomic E-state index is 5.85. The number of anilines is 1. The summed E-state index contributed by atoms with van der Waals surface area (Å²) in [6, 6.07) is 7.61. The molecule has 0 aliphatic carbocycles. The van der Waals surface area contributed by atoms with Crippen LogP contribution in [-0.4, -0.2) is 4.98 Å². The first-order valence-electron chi connectivity index (χ1n) is 5.06. The smallest absolute Gasteiger partial charge is 0.237 e. The number of hydrogen-bond donors (Lipinski definition) is 1. The Hall–Kier alpha value is -1.33. The number of halogens is 1. The first-order chi connectivity index (χ1) is 8.15. The molecule has 86 valence electrons. The van der Waals surface area contributed by atoms with Gasteiger partial charge in [-0.3, -0.25) is 0 Å². The molecule has 0 amide bonds. The van der Waals surface area contributed by atoms with Crippen molar-refractivity contribution < 1.29 is 4.42 Å². The third-order valence-corrected chi connectivity index (χ3v) is 4.64. The van der Waals surface area contributed by atoms with E-state index in [4.69, 9.17) is 10.2 Å². The minimum Gasteiger partial charge on any atom is -0.435 e. The number of oxazole rings is 1. The van der Waals surface area contributed by atoms with Gasteiger partial charge in [-0.2, -0.15) is 0 Å². The van der Waals surface area contributed by atoms with Gasteiger partial charge in [-0.15, -0.1) is 11.3 Å². The lowest BCUT2D eigenvalue weighted by molar-refractivity contribution is 0.621. The zero-order valence-corrected chi connectivity index (χ0v) is 11.4. The molecule has 0 saturated heterocycles. The summed E-state index contributed by atoms with van der Waals surface area (Å²) in [5, 5.41) is 0. The van der Waals surface area contributed by atoms with Crippen molar-refractivity contribution in [3.63, 3.8) is 0 Å². The predicted molar refractivity (Wildman–Crippen MR) is 74.2 cm³/mol. The second-order valence-electron chi connectivity index (χ2n) is 3.78. The molecule has 0 saturated carbocycles. The van der Waals surface area contributed by atoms with Crippen molar-refractivity contribution in [2.45, 2.75) is 6.92 Å². The topological polar surface area (TPSA) is 52.0 Å². The molecule has 3 nitrogen and oxygen atoms in total. The molecule has 17 heavy (non-hydrogen) atoms. The lowest BCUT2D eigenvalue weighted by atomic mass is 10.3. The number of rotatable bonds is 1. The Balaban J connectivity index is 2.21. The van der Waals surface area contributed by atoms with Crippen LogP contribution in [-0.2, 0) is 0 Å². The van der Waals surface area contributed by atoms with Crippen molar-refractivity contribution in [1.82, 2.24) is 4.98 Å². The fraction of sp³-hybridized carbons (Fsp3) is 0.0833. The Bertz CT molecular complexity index is 682. The minimum absolute atomic E-state index is 0.622. The summed E-state index contributed by atoms with van der Waals surface area (Å²) in [7, 11) is 0. The number of nitrogens with zero attached hydrogens (tertiary/aromatic N) is 1. The van der Waals surface area contributed by atoms with Gasteiger partial charge < -0.3 is 10.2 Å². The molecule has 1 aromatic carbocycles. The van der Waals surface area contributed by atoms with E-state index in [0.717, 1.165) is 19.8 Å². The summed E-state index contributed by atoms with van der Waals surface area (Å²) < 4.78 is 6.80. The lowest BCUT2D eigenvalue weighted by Crippen LogP contribution is -1.84. The highest BCUT2D eigenvalue weighted by atomic mass is 79.9. The summed E-state index contributed by atoms with van der Waals surface area (Å²) in [6.07, 6.45) is 0. The molecular weight excluding hydrogens is 300 g/mol. The number of thiophene rings is 1. The van der Waals surface area contributed by atoms with E-state index in [0.29, 0.717) is 11.6 Å². The summed E-state index contributed by atoms with van der Waals surface area (Å²) in [5.41, 5.74) is 9.13. The van der Waals surface area contributed by atoms with E-state index in [2.05, 4.69) is 27.0 Å². The monoisotopic (exact) mass is 308 g/mol. The Morgan fingerprint density at radius 1 is 1.41 bits per heavy atom. The van der Waals surface area contributed by atoms with Gasteiger partial charge >= 0.3 is 0 Å². The van der Waals surface area contributed by atoms with Gasteiger partial charge in [0.2, 0.25) is 5.89 Å². The third-order valence-electron chi connectivity index (χ3n) is 2.52. The summed E-state index contributed by atoms with van der Waals surface area (Å²) in [5.74, 6) is 0.622. The molecule has 0 unspecified atom stereocenters. The minimum atomic E-state index is 0.622. The first-order valence-corrected chi connectivity index (χ1v) is 6.67. The Kier molecular flexibility index (Phi) is 2.45. The maximum atomic E-state index is 5.85. The SMILES string of the molecule is Cc1cc(-c2nc3c(N)cccc3o2)sc1Br. The van der Waals surface area contributed by atoms with Crippen LogP contribution in [0.3, 0.4) is 0 Å². The quantitative estimate of drug-likeness (QED) is 0.685. The maximum Gasteiger partial charge on any atom is 0.237 e. The Labute approximate surface area is 110 Å². The zero-order valence-electron chi connectivity index (χ0n) is 9.03. The molecular formula is C12H9BrN2OS. The summed E-state index contributed by atoms with van der Waals surface area (Å²) in [4.78, 5) is 5.44. The molecule has 0 aliphatic rings. The zero-order chi connectivity index (χ0) is 12.0. The normalized spacial score (nSPS) is 11.2. The number of benzene rings is 1. The molecule has 0 bridgehead atoms. The number of nitrogen functional groups attached to an aromatic ring is 1. The van der Waals surface area contributed by atoms with Crippen molar-refractivity contribution in [2.24, 2.45) is 0 Å². The van der Waals surface area contributed by atoms with Gasteiger partial charge in [0, 0.05) is 0 Å². The number of para-hydroxylation sites is 1. The molecule has 0 spiro atoms. The van der Waals surface area contributed by atoms with Gasteiger partial charge in [0.05, 0.1) is 14.4 Å². The fourth-order valence-electron chi connectivity index (χ4n) is 1.64. The summed E-state index contributed by atoms with van der Waals surface area (Å²) >= 11 is 5.10. The second kappa shape index (κ2) is 3.85. The van der Waals surface area contributed by atoms with Gasteiger partial charge in [-0.05, 0) is 46.6 Å².